The first kappa shape index (κ1) is 13.6. The molecule has 0 heterocycles. The standard InChI is InChI=1S/2C6H6O.Se/c2*7-6-4-2-1-3-5-6;/h2*1-5,7H;. The maximum atomic E-state index is 8.63. The van der Waals surface area contributed by atoms with Gasteiger partial charge in [-0.25, -0.2) is 0 Å². The number of rotatable bonds is 0. The first-order valence-corrected chi connectivity index (χ1v) is 4.27. The number of phenolic OH excluding ortho intramolecular Hbond substituents is 2. The first-order chi connectivity index (χ1) is 6.79. The molecule has 0 amide bonds. The van der Waals surface area contributed by atoms with Gasteiger partial charge in [0.2, 0.25) is 0 Å². The zero-order valence-corrected chi connectivity index (χ0v) is 9.79. The molecule has 78 valence electrons. The SMILES string of the molecule is Oc1ccccc1.Oc1ccccc1.[Se]. The predicted molar refractivity (Wildman–Crippen MR) is 62.0 cm³/mol. The second kappa shape index (κ2) is 7.92. The van der Waals surface area contributed by atoms with Crippen LogP contribution >= 0.6 is 0 Å². The summed E-state index contributed by atoms with van der Waals surface area (Å²) in [6.45, 7) is 0. The Morgan fingerprint density at radius 3 is 0.933 bits per heavy atom. The maximum absolute atomic E-state index is 8.63. The summed E-state index contributed by atoms with van der Waals surface area (Å²) in [7, 11) is 0. The molecule has 0 unspecified atom stereocenters. The van der Waals surface area contributed by atoms with Crippen LogP contribution in [0.3, 0.4) is 0 Å². The molecule has 2 aromatic rings. The summed E-state index contributed by atoms with van der Waals surface area (Å²) in [6, 6.07) is 17.4. The first-order valence-electron chi connectivity index (χ1n) is 4.27. The minimum absolute atomic E-state index is 0. The Hall–Kier alpha value is -1.44. The van der Waals surface area contributed by atoms with Gasteiger partial charge >= 0.3 is 0 Å². The fraction of sp³-hybridized carbons (Fsp3) is 0. The molecule has 2 nitrogen and oxygen atoms in total. The third-order valence-corrected chi connectivity index (χ3v) is 1.51. The Morgan fingerprint density at radius 1 is 0.533 bits per heavy atom. The van der Waals surface area contributed by atoms with E-state index in [1.807, 2.05) is 12.1 Å². The molecule has 0 bridgehead atoms. The summed E-state index contributed by atoms with van der Waals surface area (Å²) in [5, 5.41) is 17.3. The van der Waals surface area contributed by atoms with Gasteiger partial charge in [-0.2, -0.15) is 0 Å². The molecule has 0 aliphatic rings. The molecule has 2 radical (unpaired) electrons. The molecule has 0 aliphatic carbocycles. The van der Waals surface area contributed by atoms with Crippen LogP contribution in [-0.4, -0.2) is 27.3 Å². The van der Waals surface area contributed by atoms with E-state index in [-0.39, 0.29) is 17.1 Å². The molecule has 0 aliphatic heterocycles. The van der Waals surface area contributed by atoms with Gasteiger partial charge in [-0.1, -0.05) is 36.4 Å². The minimum atomic E-state index is 0. The van der Waals surface area contributed by atoms with Crippen molar-refractivity contribution in [3.63, 3.8) is 0 Å². The quantitative estimate of drug-likeness (QED) is 0.719. The minimum Gasteiger partial charge on any atom is -0.508 e. The van der Waals surface area contributed by atoms with Crippen LogP contribution in [0.5, 0.6) is 11.5 Å². The summed E-state index contributed by atoms with van der Waals surface area (Å²) in [6.07, 6.45) is 0. The Morgan fingerprint density at radius 2 is 0.800 bits per heavy atom. The van der Waals surface area contributed by atoms with Gasteiger partial charge in [0.05, 0.1) is 0 Å². The summed E-state index contributed by atoms with van der Waals surface area (Å²) >= 11 is 0. The Kier molecular flexibility index (Phi) is 7.16. The van der Waals surface area contributed by atoms with Gasteiger partial charge in [-0.05, 0) is 24.3 Å². The fourth-order valence-electron chi connectivity index (χ4n) is 0.856. The third-order valence-electron chi connectivity index (χ3n) is 1.51. The van der Waals surface area contributed by atoms with Crippen LogP contribution in [0.4, 0.5) is 0 Å². The van der Waals surface area contributed by atoms with E-state index < -0.39 is 0 Å². The van der Waals surface area contributed by atoms with E-state index in [1.165, 1.54) is 0 Å². The summed E-state index contributed by atoms with van der Waals surface area (Å²) in [5.74, 6) is 0.644. The van der Waals surface area contributed by atoms with Crippen LogP contribution in [0.25, 0.3) is 0 Å². The monoisotopic (exact) mass is 268 g/mol. The van der Waals surface area contributed by atoms with Crippen LogP contribution in [-0.2, 0) is 0 Å². The van der Waals surface area contributed by atoms with Gasteiger partial charge in [-0.3, -0.25) is 0 Å². The van der Waals surface area contributed by atoms with Gasteiger partial charge < -0.3 is 10.2 Å². The van der Waals surface area contributed by atoms with Crippen LogP contribution in [0, 0.1) is 0 Å². The van der Waals surface area contributed by atoms with E-state index in [0.717, 1.165) is 0 Å². The van der Waals surface area contributed by atoms with Crippen molar-refractivity contribution in [1.29, 1.82) is 0 Å². The third kappa shape index (κ3) is 6.61. The molecule has 3 heteroatoms. The van der Waals surface area contributed by atoms with E-state index in [9.17, 15) is 0 Å². The van der Waals surface area contributed by atoms with Crippen LogP contribution < -0.4 is 0 Å². The average Bonchev–Trinajstić information content (AvgIpc) is 2.21. The molecule has 2 N–H and O–H groups in total. The second-order valence-electron chi connectivity index (χ2n) is 2.67. The van der Waals surface area contributed by atoms with Crippen molar-refractivity contribution in [2.45, 2.75) is 0 Å². The number of hydrogen-bond acceptors (Lipinski definition) is 2. The van der Waals surface area contributed by atoms with Gasteiger partial charge in [0.15, 0.2) is 0 Å². The summed E-state index contributed by atoms with van der Waals surface area (Å²) in [4.78, 5) is 0. The van der Waals surface area contributed by atoms with E-state index in [4.69, 9.17) is 10.2 Å². The number of para-hydroxylation sites is 2. The Labute approximate surface area is 99.7 Å². The van der Waals surface area contributed by atoms with Crippen molar-refractivity contribution >= 4 is 17.1 Å². The maximum Gasteiger partial charge on any atom is 0.115 e. The summed E-state index contributed by atoms with van der Waals surface area (Å²) < 4.78 is 0. The van der Waals surface area contributed by atoms with Gasteiger partial charge in [0.1, 0.15) is 11.5 Å². The molecule has 0 aromatic heterocycles. The van der Waals surface area contributed by atoms with E-state index >= 15 is 0 Å². The van der Waals surface area contributed by atoms with E-state index in [0.29, 0.717) is 11.5 Å². The predicted octanol–water partition coefficient (Wildman–Crippen LogP) is 2.40. The van der Waals surface area contributed by atoms with E-state index in [1.54, 1.807) is 48.5 Å². The van der Waals surface area contributed by atoms with Gasteiger partial charge in [0, 0.05) is 17.1 Å². The second-order valence-corrected chi connectivity index (χ2v) is 2.67. The van der Waals surface area contributed by atoms with Crippen molar-refractivity contribution in [3.8, 4) is 11.5 Å². The molecule has 2 aromatic carbocycles. The van der Waals surface area contributed by atoms with Crippen molar-refractivity contribution in [1.82, 2.24) is 0 Å². The van der Waals surface area contributed by atoms with Crippen LogP contribution in [0.2, 0.25) is 0 Å². The number of phenols is 2. The number of aromatic hydroxyl groups is 2. The molecule has 15 heavy (non-hydrogen) atoms. The largest absolute Gasteiger partial charge is 0.508 e. The van der Waals surface area contributed by atoms with Crippen molar-refractivity contribution in [3.05, 3.63) is 60.7 Å². The van der Waals surface area contributed by atoms with Crippen LogP contribution in [0.15, 0.2) is 60.7 Å². The Bertz CT molecular complexity index is 311. The molecule has 0 saturated carbocycles. The zero-order chi connectivity index (χ0) is 10.2. The summed E-state index contributed by atoms with van der Waals surface area (Å²) in [5.41, 5.74) is 0. The molecule has 0 saturated heterocycles. The van der Waals surface area contributed by atoms with Gasteiger partial charge in [-0.15, -0.1) is 0 Å². The van der Waals surface area contributed by atoms with Crippen LogP contribution in [0.1, 0.15) is 0 Å². The smallest absolute Gasteiger partial charge is 0.115 e. The van der Waals surface area contributed by atoms with Crippen molar-refractivity contribution in [2.24, 2.45) is 0 Å². The number of hydrogen-bond donors (Lipinski definition) is 2. The molecular weight excluding hydrogens is 255 g/mol. The normalized spacial score (nSPS) is 8.00. The Balaban J connectivity index is 0.000000245. The molecule has 2 rings (SSSR count). The number of benzene rings is 2. The van der Waals surface area contributed by atoms with Gasteiger partial charge in [0.25, 0.3) is 0 Å². The molecule has 0 fully saturated rings. The molecule has 0 spiro atoms. The zero-order valence-electron chi connectivity index (χ0n) is 8.08. The van der Waals surface area contributed by atoms with Crippen molar-refractivity contribution in [2.75, 3.05) is 0 Å². The molecular formula is C12H12O2Se. The fourth-order valence-corrected chi connectivity index (χ4v) is 0.856. The van der Waals surface area contributed by atoms with Crippen molar-refractivity contribution < 1.29 is 10.2 Å². The van der Waals surface area contributed by atoms with E-state index in [2.05, 4.69) is 0 Å². The topological polar surface area (TPSA) is 40.5 Å². The molecule has 0 atom stereocenters. The average molecular weight is 267 g/mol.